The van der Waals surface area contributed by atoms with E-state index in [9.17, 15) is 4.79 Å². The Balaban J connectivity index is 2.55. The van der Waals surface area contributed by atoms with Gasteiger partial charge in [-0.2, -0.15) is 0 Å². The van der Waals surface area contributed by atoms with E-state index in [4.69, 9.17) is 0 Å². The first-order valence-electron chi connectivity index (χ1n) is 4.97. The Bertz CT molecular complexity index is 474. The number of nitrogens with zero attached hydrogens (tertiary/aromatic N) is 1. The molecule has 0 N–H and O–H groups in total. The predicted octanol–water partition coefficient (Wildman–Crippen LogP) is 1.40. The molecule has 1 unspecified atom stereocenters. The fraction of sp³-hybridized carbons (Fsp3) is 0.250. The van der Waals surface area contributed by atoms with E-state index >= 15 is 0 Å². The zero-order chi connectivity index (χ0) is 10.8. The van der Waals surface area contributed by atoms with Crippen LogP contribution in [0, 0.1) is 0 Å². The number of rotatable bonds is 2. The molecule has 0 saturated carbocycles. The number of para-hydroxylation sites is 1. The molecule has 0 radical (unpaired) electrons. The Morgan fingerprint density at radius 1 is 1.47 bits per heavy atom. The molecule has 0 spiro atoms. The van der Waals surface area contributed by atoms with Gasteiger partial charge in [-0.05, 0) is 0 Å². The summed E-state index contributed by atoms with van der Waals surface area (Å²) >= 11 is -1.23. The van der Waals surface area contributed by atoms with Crippen LogP contribution in [0.2, 0.25) is 0 Å². The average molecular weight is 266 g/mol. The summed E-state index contributed by atoms with van der Waals surface area (Å²) in [6, 6.07) is 8.16. The van der Waals surface area contributed by atoms with Gasteiger partial charge in [0.15, 0.2) is 0 Å². The van der Waals surface area contributed by atoms with Crippen molar-refractivity contribution in [1.82, 2.24) is 0 Å². The van der Waals surface area contributed by atoms with Crippen molar-refractivity contribution in [3.63, 3.8) is 0 Å². The molecule has 1 aromatic rings. The minimum absolute atomic E-state index is 0.165. The van der Waals surface area contributed by atoms with Crippen molar-refractivity contribution in [3.8, 4) is 0 Å². The molecule has 1 aromatic carbocycles. The number of carbonyl (C=O) groups excluding carboxylic acids is 1. The molecule has 0 saturated heterocycles. The summed E-state index contributed by atoms with van der Waals surface area (Å²) in [6.45, 7) is 3.73. The fourth-order valence-electron chi connectivity index (χ4n) is 1.58. The van der Waals surface area contributed by atoms with Crippen molar-refractivity contribution in [2.75, 3.05) is 0 Å². The standard InChI is InChI=1S/C12H13NOSe/c1-3-12-13-10-6-4-5-7-11(10)15(12)8-9(2)14/h4-8H,3H2,1-2H3. The summed E-state index contributed by atoms with van der Waals surface area (Å²) in [5.74, 6) is 0.165. The molecule has 1 atom stereocenters. The number of Topliss-reactive ketones (excluding diaryl/α,β-unsaturated/α-hetero) is 1. The molecule has 78 valence electrons. The number of fused-ring (bicyclic) bond motifs is 1. The molecule has 0 fully saturated rings. The van der Waals surface area contributed by atoms with Crippen molar-refractivity contribution in [2.24, 2.45) is 4.99 Å². The van der Waals surface area contributed by atoms with Crippen LogP contribution in [0.5, 0.6) is 0 Å². The van der Waals surface area contributed by atoms with E-state index in [1.807, 2.05) is 23.1 Å². The molecule has 0 aromatic heterocycles. The molecule has 0 bridgehead atoms. The molecule has 15 heavy (non-hydrogen) atoms. The normalized spacial score (nSPS) is 18.8. The van der Waals surface area contributed by atoms with Crippen molar-refractivity contribution in [3.05, 3.63) is 24.3 Å². The van der Waals surface area contributed by atoms with Crippen LogP contribution in [0.1, 0.15) is 20.3 Å². The number of hydrogen-bond acceptors (Lipinski definition) is 2. The average Bonchev–Trinajstić information content (AvgIpc) is 2.56. The SMILES string of the molecule is CCC1=Nc2ccccc2[Se]1=CC(C)=O. The van der Waals surface area contributed by atoms with Crippen molar-refractivity contribution < 1.29 is 4.79 Å². The Morgan fingerprint density at radius 2 is 2.20 bits per heavy atom. The van der Waals surface area contributed by atoms with Crippen LogP contribution in [0.4, 0.5) is 5.69 Å². The number of benzene rings is 1. The first-order chi connectivity index (χ1) is 7.22. The third-order valence-corrected chi connectivity index (χ3v) is 6.96. The molecule has 3 heteroatoms. The molecule has 1 aliphatic heterocycles. The number of aliphatic imine (C=N–C) groups is 1. The molecular weight excluding hydrogens is 253 g/mol. The molecular formula is C12H13NOSe. The first kappa shape index (κ1) is 10.5. The quantitative estimate of drug-likeness (QED) is 0.744. The van der Waals surface area contributed by atoms with Gasteiger partial charge in [0.1, 0.15) is 0 Å². The Hall–Kier alpha value is -1.05. The van der Waals surface area contributed by atoms with Crippen LogP contribution in [0.15, 0.2) is 29.3 Å². The third-order valence-electron chi connectivity index (χ3n) is 2.19. The zero-order valence-electron chi connectivity index (χ0n) is 8.86. The van der Waals surface area contributed by atoms with Gasteiger partial charge in [-0.15, -0.1) is 0 Å². The van der Waals surface area contributed by atoms with Gasteiger partial charge in [0.2, 0.25) is 0 Å². The Morgan fingerprint density at radius 3 is 2.87 bits per heavy atom. The van der Waals surface area contributed by atoms with Gasteiger partial charge in [-0.25, -0.2) is 0 Å². The number of ketones is 1. The third kappa shape index (κ3) is 1.99. The molecule has 0 aliphatic carbocycles. The van der Waals surface area contributed by atoms with E-state index < -0.39 is 13.5 Å². The summed E-state index contributed by atoms with van der Waals surface area (Å²) < 4.78 is 2.50. The summed E-state index contributed by atoms with van der Waals surface area (Å²) in [4.78, 5) is 17.7. The van der Waals surface area contributed by atoms with E-state index in [1.54, 1.807) is 6.92 Å². The Labute approximate surface area is 93.5 Å². The van der Waals surface area contributed by atoms with Gasteiger partial charge < -0.3 is 0 Å². The summed E-state index contributed by atoms with van der Waals surface area (Å²) in [5, 5.41) is 0. The predicted molar refractivity (Wildman–Crippen MR) is 66.0 cm³/mol. The van der Waals surface area contributed by atoms with Crippen molar-refractivity contribution in [2.45, 2.75) is 20.3 Å². The molecule has 1 aliphatic rings. The number of hydrogen-bond donors (Lipinski definition) is 0. The monoisotopic (exact) mass is 267 g/mol. The zero-order valence-corrected chi connectivity index (χ0v) is 10.6. The molecule has 2 rings (SSSR count). The van der Waals surface area contributed by atoms with Gasteiger partial charge in [-0.1, -0.05) is 0 Å². The fourth-order valence-corrected chi connectivity index (χ4v) is 5.61. The van der Waals surface area contributed by atoms with Crippen LogP contribution in [0.3, 0.4) is 0 Å². The van der Waals surface area contributed by atoms with Crippen molar-refractivity contribution in [1.29, 1.82) is 0 Å². The van der Waals surface area contributed by atoms with Crippen LogP contribution in [-0.2, 0) is 4.79 Å². The maximum atomic E-state index is 11.2. The maximum absolute atomic E-state index is 11.2. The van der Waals surface area contributed by atoms with Crippen LogP contribution in [-0.4, -0.2) is 28.8 Å². The second-order valence-electron chi connectivity index (χ2n) is 3.39. The second kappa shape index (κ2) is 4.21. The summed E-state index contributed by atoms with van der Waals surface area (Å²) in [5.41, 5.74) is 1.07. The Kier molecular flexibility index (Phi) is 2.94. The van der Waals surface area contributed by atoms with E-state index in [1.165, 1.54) is 9.07 Å². The van der Waals surface area contributed by atoms with Gasteiger partial charge in [0.05, 0.1) is 0 Å². The topological polar surface area (TPSA) is 29.4 Å². The van der Waals surface area contributed by atoms with E-state index in [0.717, 1.165) is 12.1 Å². The summed E-state index contributed by atoms with van der Waals surface area (Å²) in [7, 11) is 0. The molecule has 0 amide bonds. The van der Waals surface area contributed by atoms with E-state index in [2.05, 4.69) is 18.0 Å². The van der Waals surface area contributed by atoms with E-state index in [0.29, 0.717) is 0 Å². The van der Waals surface area contributed by atoms with Gasteiger partial charge in [-0.3, -0.25) is 0 Å². The molecule has 2 nitrogen and oxygen atoms in total. The van der Waals surface area contributed by atoms with Gasteiger partial charge >= 0.3 is 93.2 Å². The minimum atomic E-state index is -1.23. The van der Waals surface area contributed by atoms with Crippen LogP contribution >= 0.6 is 0 Å². The van der Waals surface area contributed by atoms with Crippen molar-refractivity contribution >= 4 is 38.9 Å². The number of carbonyl (C=O) groups is 1. The first-order valence-corrected chi connectivity index (χ1v) is 7.67. The summed E-state index contributed by atoms with van der Waals surface area (Å²) in [6.07, 6.45) is 0.948. The van der Waals surface area contributed by atoms with Gasteiger partial charge in [0.25, 0.3) is 0 Å². The van der Waals surface area contributed by atoms with Gasteiger partial charge in [0, 0.05) is 0 Å². The van der Waals surface area contributed by atoms with Crippen LogP contribution < -0.4 is 4.46 Å². The van der Waals surface area contributed by atoms with Crippen LogP contribution in [0.25, 0.3) is 0 Å². The second-order valence-corrected chi connectivity index (χ2v) is 7.22. The molecule has 1 heterocycles. The van der Waals surface area contributed by atoms with E-state index in [-0.39, 0.29) is 5.78 Å².